The first-order valence-corrected chi connectivity index (χ1v) is 7.35. The molecule has 0 radical (unpaired) electrons. The smallest absolute Gasteiger partial charge is 0.255 e. The van der Waals surface area contributed by atoms with Crippen molar-refractivity contribution in [1.82, 2.24) is 9.88 Å². The van der Waals surface area contributed by atoms with Crippen LogP contribution >= 0.6 is 0 Å². The number of carbonyl (C=O) groups excluding carboxylic acids is 1. The molecule has 5 heteroatoms. The van der Waals surface area contributed by atoms with E-state index in [0.717, 1.165) is 31.8 Å². The summed E-state index contributed by atoms with van der Waals surface area (Å²) in [5.41, 5.74) is 0.631. The number of nitrogens with one attached hydrogen (secondary N) is 1. The predicted octanol–water partition coefficient (Wildman–Crippen LogP) is 2.15. The van der Waals surface area contributed by atoms with E-state index in [1.54, 1.807) is 6.20 Å². The summed E-state index contributed by atoms with van der Waals surface area (Å²) >= 11 is 0. The topological polar surface area (TPSA) is 54.5 Å². The van der Waals surface area contributed by atoms with Gasteiger partial charge in [0.15, 0.2) is 0 Å². The van der Waals surface area contributed by atoms with E-state index in [0.29, 0.717) is 18.7 Å². The number of hydrogen-bond acceptors (Lipinski definition) is 4. The molecule has 1 aromatic heterocycles. The van der Waals surface area contributed by atoms with E-state index in [2.05, 4.69) is 10.3 Å². The minimum atomic E-state index is 0.0264. The van der Waals surface area contributed by atoms with Gasteiger partial charge in [0.05, 0.1) is 11.7 Å². The van der Waals surface area contributed by atoms with Crippen LogP contribution in [0.1, 0.15) is 37.0 Å². The molecule has 1 amide bonds. The van der Waals surface area contributed by atoms with Crippen molar-refractivity contribution in [3.8, 4) is 0 Å². The molecule has 0 bridgehead atoms. The van der Waals surface area contributed by atoms with Gasteiger partial charge in [-0.25, -0.2) is 4.98 Å². The third-order valence-electron chi connectivity index (χ3n) is 3.49. The lowest BCUT2D eigenvalue weighted by Gasteiger charge is -2.24. The molecule has 5 nitrogen and oxygen atoms in total. The molecule has 1 unspecified atom stereocenters. The van der Waals surface area contributed by atoms with Crippen molar-refractivity contribution in [3.05, 3.63) is 23.9 Å². The molecule has 1 aliphatic heterocycles. The quantitative estimate of drug-likeness (QED) is 0.865. The van der Waals surface area contributed by atoms with Gasteiger partial charge in [-0.1, -0.05) is 0 Å². The van der Waals surface area contributed by atoms with Crippen LogP contribution in [-0.4, -0.2) is 48.1 Å². The van der Waals surface area contributed by atoms with Crippen molar-refractivity contribution < 1.29 is 9.53 Å². The molecule has 0 aliphatic carbocycles. The third-order valence-corrected chi connectivity index (χ3v) is 3.49. The van der Waals surface area contributed by atoms with Gasteiger partial charge in [0.25, 0.3) is 5.91 Å². The van der Waals surface area contributed by atoms with Gasteiger partial charge >= 0.3 is 0 Å². The van der Waals surface area contributed by atoms with Crippen LogP contribution in [0.4, 0.5) is 5.82 Å². The minimum Gasteiger partial charge on any atom is -0.376 e. The summed E-state index contributed by atoms with van der Waals surface area (Å²) in [6.07, 6.45) is 3.96. The van der Waals surface area contributed by atoms with Crippen molar-refractivity contribution in [3.63, 3.8) is 0 Å². The molecule has 0 spiro atoms. The first kappa shape index (κ1) is 14.8. The molecule has 1 aliphatic rings. The van der Waals surface area contributed by atoms with Gasteiger partial charge in [-0.2, -0.15) is 0 Å². The zero-order chi connectivity index (χ0) is 14.4. The maximum Gasteiger partial charge on any atom is 0.255 e. The Balaban J connectivity index is 1.99. The van der Waals surface area contributed by atoms with Crippen LogP contribution in [-0.2, 0) is 4.74 Å². The van der Waals surface area contributed by atoms with Crippen LogP contribution < -0.4 is 5.32 Å². The lowest BCUT2D eigenvalue weighted by molar-refractivity contribution is 0.0539. The highest BCUT2D eigenvalue weighted by atomic mass is 16.5. The second-order valence-electron chi connectivity index (χ2n) is 4.94. The minimum absolute atomic E-state index is 0.0264. The van der Waals surface area contributed by atoms with Gasteiger partial charge in [0.1, 0.15) is 5.82 Å². The number of anilines is 1. The van der Waals surface area contributed by atoms with E-state index in [-0.39, 0.29) is 12.0 Å². The number of pyridine rings is 1. The van der Waals surface area contributed by atoms with Gasteiger partial charge in [0, 0.05) is 32.4 Å². The predicted molar refractivity (Wildman–Crippen MR) is 79.0 cm³/mol. The fourth-order valence-electron chi connectivity index (χ4n) is 2.38. The summed E-state index contributed by atoms with van der Waals surface area (Å²) in [4.78, 5) is 18.5. The fourth-order valence-corrected chi connectivity index (χ4v) is 2.38. The Morgan fingerprint density at radius 1 is 1.50 bits per heavy atom. The Labute approximate surface area is 120 Å². The zero-order valence-electron chi connectivity index (χ0n) is 12.3. The summed E-state index contributed by atoms with van der Waals surface area (Å²) in [6, 6.07) is 3.67. The number of nitrogens with zero attached hydrogens (tertiary/aromatic N) is 2. The molecule has 1 atom stereocenters. The normalized spacial score (nSPS) is 18.0. The van der Waals surface area contributed by atoms with Crippen LogP contribution in [0.5, 0.6) is 0 Å². The first-order chi connectivity index (χ1) is 9.74. The number of aromatic nitrogens is 1. The first-order valence-electron chi connectivity index (χ1n) is 7.35. The Kier molecular flexibility index (Phi) is 5.35. The SMILES string of the molecule is CCNc1ccc(C(=O)N(CC)CC2CCCO2)cn1. The van der Waals surface area contributed by atoms with E-state index < -0.39 is 0 Å². The molecule has 1 N–H and O–H groups in total. The number of rotatable bonds is 6. The fraction of sp³-hybridized carbons (Fsp3) is 0.600. The molecule has 2 heterocycles. The summed E-state index contributed by atoms with van der Waals surface area (Å²) in [7, 11) is 0. The molecule has 110 valence electrons. The van der Waals surface area contributed by atoms with Gasteiger partial charge in [-0.3, -0.25) is 4.79 Å². The van der Waals surface area contributed by atoms with E-state index in [4.69, 9.17) is 4.74 Å². The Morgan fingerprint density at radius 2 is 2.35 bits per heavy atom. The molecule has 0 saturated carbocycles. The van der Waals surface area contributed by atoms with Crippen molar-refractivity contribution >= 4 is 11.7 Å². The maximum atomic E-state index is 12.4. The Hall–Kier alpha value is -1.62. The van der Waals surface area contributed by atoms with Gasteiger partial charge < -0.3 is 15.0 Å². The summed E-state index contributed by atoms with van der Waals surface area (Å²) in [5, 5.41) is 3.12. The van der Waals surface area contributed by atoms with Crippen molar-refractivity contribution in [2.75, 3.05) is 31.6 Å². The summed E-state index contributed by atoms with van der Waals surface area (Å²) < 4.78 is 5.60. The monoisotopic (exact) mass is 277 g/mol. The molecule has 1 fully saturated rings. The highest BCUT2D eigenvalue weighted by Crippen LogP contribution is 2.15. The summed E-state index contributed by atoms with van der Waals surface area (Å²) in [5.74, 6) is 0.824. The molecular formula is C15H23N3O2. The third kappa shape index (κ3) is 3.70. The van der Waals surface area contributed by atoms with Gasteiger partial charge in [0.2, 0.25) is 0 Å². The number of likely N-dealkylation sites (N-methyl/N-ethyl adjacent to an activating group) is 1. The molecule has 1 aromatic rings. The van der Waals surface area contributed by atoms with Crippen molar-refractivity contribution in [1.29, 1.82) is 0 Å². The number of ether oxygens (including phenoxy) is 1. The zero-order valence-corrected chi connectivity index (χ0v) is 12.3. The van der Waals surface area contributed by atoms with Crippen LogP contribution in [0.2, 0.25) is 0 Å². The largest absolute Gasteiger partial charge is 0.376 e. The van der Waals surface area contributed by atoms with E-state index >= 15 is 0 Å². The maximum absolute atomic E-state index is 12.4. The Morgan fingerprint density at radius 3 is 2.90 bits per heavy atom. The highest BCUT2D eigenvalue weighted by molar-refractivity contribution is 5.94. The van der Waals surface area contributed by atoms with Crippen LogP contribution in [0.25, 0.3) is 0 Å². The number of carbonyl (C=O) groups is 1. The Bertz CT molecular complexity index is 427. The highest BCUT2D eigenvalue weighted by Gasteiger charge is 2.22. The van der Waals surface area contributed by atoms with E-state index in [1.807, 2.05) is 30.9 Å². The second kappa shape index (κ2) is 7.24. The van der Waals surface area contributed by atoms with Gasteiger partial charge in [-0.05, 0) is 38.8 Å². The van der Waals surface area contributed by atoms with Crippen LogP contribution in [0.15, 0.2) is 18.3 Å². The molecule has 0 aromatic carbocycles. The average molecular weight is 277 g/mol. The van der Waals surface area contributed by atoms with Crippen LogP contribution in [0, 0.1) is 0 Å². The summed E-state index contributed by atoms with van der Waals surface area (Å²) in [6.45, 7) is 7.00. The molecular weight excluding hydrogens is 254 g/mol. The molecule has 2 rings (SSSR count). The molecule has 20 heavy (non-hydrogen) atoms. The standard InChI is InChI=1S/C15H23N3O2/c1-3-16-14-8-7-12(10-17-14)15(19)18(4-2)11-13-6-5-9-20-13/h7-8,10,13H,3-6,9,11H2,1-2H3,(H,16,17). The average Bonchev–Trinajstić information content (AvgIpc) is 2.98. The van der Waals surface area contributed by atoms with Crippen molar-refractivity contribution in [2.45, 2.75) is 32.8 Å². The lowest BCUT2D eigenvalue weighted by Crippen LogP contribution is -2.37. The number of amides is 1. The van der Waals surface area contributed by atoms with E-state index in [1.165, 1.54) is 0 Å². The molecule has 1 saturated heterocycles. The van der Waals surface area contributed by atoms with Gasteiger partial charge in [-0.15, -0.1) is 0 Å². The van der Waals surface area contributed by atoms with Crippen LogP contribution in [0.3, 0.4) is 0 Å². The lowest BCUT2D eigenvalue weighted by atomic mass is 10.2. The van der Waals surface area contributed by atoms with E-state index in [9.17, 15) is 4.79 Å². The number of hydrogen-bond donors (Lipinski definition) is 1. The second-order valence-corrected chi connectivity index (χ2v) is 4.94. The van der Waals surface area contributed by atoms with Crippen molar-refractivity contribution in [2.24, 2.45) is 0 Å².